The number of aromatic nitrogens is 3. The van der Waals surface area contributed by atoms with E-state index in [0.29, 0.717) is 11.5 Å². The molecule has 4 rings (SSSR count). The molecule has 2 aromatic carbocycles. The molecule has 2 heterocycles. The topological polar surface area (TPSA) is 120 Å². The molecule has 1 aromatic heterocycles. The Labute approximate surface area is 196 Å². The average Bonchev–Trinajstić information content (AvgIpc) is 3.28. The summed E-state index contributed by atoms with van der Waals surface area (Å²) in [5, 5.41) is 23.6. The minimum atomic E-state index is -3.30. The van der Waals surface area contributed by atoms with Crippen molar-refractivity contribution >= 4 is 15.8 Å². The largest absolute Gasteiger partial charge is 0.390 e. The van der Waals surface area contributed by atoms with E-state index in [-0.39, 0.29) is 24.5 Å². The van der Waals surface area contributed by atoms with E-state index in [1.54, 1.807) is 0 Å². The zero-order valence-corrected chi connectivity index (χ0v) is 19.4. The number of sulfone groups is 1. The van der Waals surface area contributed by atoms with Crippen LogP contribution in [0.3, 0.4) is 0 Å². The number of anilines is 1. The number of nitrogens with zero attached hydrogens (tertiary/aromatic N) is 2. The van der Waals surface area contributed by atoms with Crippen LogP contribution in [0, 0.1) is 11.6 Å². The maximum atomic E-state index is 13.7. The number of aromatic amines is 1. The Hall–Kier alpha value is -2.89. The molecule has 182 valence electrons. The minimum absolute atomic E-state index is 0.00608. The first-order valence-electron chi connectivity index (χ1n) is 11.0. The number of fused-ring (bicyclic) bond motifs is 1. The van der Waals surface area contributed by atoms with Gasteiger partial charge in [-0.15, -0.1) is 0 Å². The number of aliphatic hydroxyl groups is 1. The molecule has 0 bridgehead atoms. The van der Waals surface area contributed by atoms with Gasteiger partial charge in [0.05, 0.1) is 23.7 Å². The Morgan fingerprint density at radius 1 is 1.18 bits per heavy atom. The van der Waals surface area contributed by atoms with Gasteiger partial charge in [0.15, 0.2) is 9.84 Å². The van der Waals surface area contributed by atoms with E-state index in [0.717, 1.165) is 29.2 Å². The molecule has 0 fully saturated rings. The minimum Gasteiger partial charge on any atom is -0.390 e. The van der Waals surface area contributed by atoms with E-state index >= 15 is 0 Å². The van der Waals surface area contributed by atoms with Crippen molar-refractivity contribution in [2.24, 2.45) is 0 Å². The van der Waals surface area contributed by atoms with Gasteiger partial charge in [-0.2, -0.15) is 5.10 Å². The molecule has 11 heteroatoms. The quantitative estimate of drug-likeness (QED) is 0.363. The summed E-state index contributed by atoms with van der Waals surface area (Å²) >= 11 is 0. The Kier molecular flexibility index (Phi) is 7.24. The lowest BCUT2D eigenvalue weighted by Crippen LogP contribution is -2.45. The predicted octanol–water partition coefficient (Wildman–Crippen LogP) is 2.29. The van der Waals surface area contributed by atoms with Gasteiger partial charge in [0.25, 0.3) is 0 Å². The van der Waals surface area contributed by atoms with Crippen LogP contribution in [0.1, 0.15) is 35.2 Å². The third kappa shape index (κ3) is 5.96. The highest BCUT2D eigenvalue weighted by atomic mass is 32.2. The molecule has 3 atom stereocenters. The molecular formula is C23H27F2N5O3S. The Morgan fingerprint density at radius 3 is 2.62 bits per heavy atom. The van der Waals surface area contributed by atoms with Crippen molar-refractivity contribution in [3.8, 4) is 0 Å². The molecule has 0 saturated heterocycles. The highest BCUT2D eigenvalue weighted by molar-refractivity contribution is 7.90. The van der Waals surface area contributed by atoms with E-state index in [1.165, 1.54) is 18.5 Å². The summed E-state index contributed by atoms with van der Waals surface area (Å²) in [4.78, 5) is 4.00. The second-order valence-electron chi connectivity index (χ2n) is 8.54. The third-order valence-corrected chi connectivity index (χ3v) is 7.53. The van der Waals surface area contributed by atoms with Crippen LogP contribution >= 0.6 is 0 Å². The second kappa shape index (κ2) is 10.2. The summed E-state index contributed by atoms with van der Waals surface area (Å²) < 4.78 is 52.3. The molecule has 0 saturated carbocycles. The van der Waals surface area contributed by atoms with Crippen LogP contribution < -0.4 is 10.6 Å². The van der Waals surface area contributed by atoms with Crippen molar-refractivity contribution in [3.63, 3.8) is 0 Å². The maximum Gasteiger partial charge on any atom is 0.218 e. The summed E-state index contributed by atoms with van der Waals surface area (Å²) in [6.45, 7) is 2.07. The maximum absolute atomic E-state index is 13.7. The number of aryl methyl sites for hydroxylation is 1. The van der Waals surface area contributed by atoms with E-state index in [9.17, 15) is 22.3 Å². The smallest absolute Gasteiger partial charge is 0.218 e. The lowest BCUT2D eigenvalue weighted by molar-refractivity contribution is 0.145. The summed E-state index contributed by atoms with van der Waals surface area (Å²) in [6.07, 6.45) is 1.17. The summed E-state index contributed by atoms with van der Waals surface area (Å²) in [5.41, 5.74) is 3.12. The fraction of sp³-hybridized carbons (Fsp3) is 0.391. The van der Waals surface area contributed by atoms with Crippen LogP contribution in [0.15, 0.2) is 42.7 Å². The molecule has 8 nitrogen and oxygen atoms in total. The van der Waals surface area contributed by atoms with E-state index in [1.807, 2.05) is 25.1 Å². The molecule has 0 radical (unpaired) electrons. The molecule has 1 aliphatic rings. The zero-order valence-electron chi connectivity index (χ0n) is 18.6. The summed E-state index contributed by atoms with van der Waals surface area (Å²) in [5.74, 6) is -1.21. The van der Waals surface area contributed by atoms with Gasteiger partial charge in [0, 0.05) is 18.7 Å². The van der Waals surface area contributed by atoms with Gasteiger partial charge in [0.1, 0.15) is 18.0 Å². The van der Waals surface area contributed by atoms with Gasteiger partial charge in [-0.05, 0) is 47.2 Å². The Morgan fingerprint density at radius 2 is 1.94 bits per heavy atom. The van der Waals surface area contributed by atoms with Gasteiger partial charge in [0.2, 0.25) is 5.95 Å². The van der Waals surface area contributed by atoms with Crippen molar-refractivity contribution in [1.29, 1.82) is 0 Å². The number of nitrogens with one attached hydrogen (secondary N) is 3. The normalized spacial score (nSPS) is 18.8. The lowest BCUT2D eigenvalue weighted by atomic mass is 9.97. The first kappa shape index (κ1) is 24.2. The Balaban J connectivity index is 1.52. The van der Waals surface area contributed by atoms with Crippen LogP contribution in [0.4, 0.5) is 14.7 Å². The number of halogens is 2. The van der Waals surface area contributed by atoms with Gasteiger partial charge in [-0.1, -0.05) is 25.1 Å². The Bertz CT molecular complexity index is 1220. The second-order valence-corrected chi connectivity index (χ2v) is 10.6. The molecule has 0 spiro atoms. The highest BCUT2D eigenvalue weighted by Gasteiger charge is 2.31. The molecule has 1 aliphatic heterocycles. The van der Waals surface area contributed by atoms with E-state index in [4.69, 9.17) is 0 Å². The number of hydrogen-bond donors (Lipinski definition) is 4. The standard InChI is InChI=1S/C23H27F2N5O3S/c1-2-14-3-4-16-11-34(32,33)12-21(19(16)7-14)26-10-22(31)20(29-23-27-13-28-30-23)8-15-5-17(24)9-18(25)6-15/h3-7,9,13,20-22,26,31H,2,8,10-12H2,1H3,(H2,27,28,29,30). The molecule has 3 unspecified atom stereocenters. The van der Waals surface area contributed by atoms with Crippen molar-refractivity contribution in [3.05, 3.63) is 76.6 Å². The van der Waals surface area contributed by atoms with Crippen LogP contribution in [-0.2, 0) is 28.4 Å². The molecule has 34 heavy (non-hydrogen) atoms. The molecule has 4 N–H and O–H groups in total. The van der Waals surface area contributed by atoms with Crippen molar-refractivity contribution in [2.75, 3.05) is 17.6 Å². The summed E-state index contributed by atoms with van der Waals surface area (Å²) in [7, 11) is -3.30. The fourth-order valence-electron chi connectivity index (χ4n) is 4.25. The van der Waals surface area contributed by atoms with Gasteiger partial charge in [-0.3, -0.25) is 0 Å². The van der Waals surface area contributed by atoms with Crippen molar-refractivity contribution in [2.45, 2.75) is 43.7 Å². The number of aliphatic hydroxyl groups excluding tert-OH is 1. The van der Waals surface area contributed by atoms with Crippen LogP contribution in [-0.4, -0.2) is 53.1 Å². The molecular weight excluding hydrogens is 464 g/mol. The van der Waals surface area contributed by atoms with Crippen molar-refractivity contribution < 1.29 is 22.3 Å². The van der Waals surface area contributed by atoms with Crippen LogP contribution in [0.5, 0.6) is 0 Å². The van der Waals surface area contributed by atoms with Gasteiger partial charge in [-0.25, -0.2) is 27.3 Å². The zero-order chi connectivity index (χ0) is 24.3. The molecule has 0 aliphatic carbocycles. The van der Waals surface area contributed by atoms with E-state index < -0.39 is 39.7 Å². The van der Waals surface area contributed by atoms with Crippen LogP contribution in [0.25, 0.3) is 0 Å². The van der Waals surface area contributed by atoms with E-state index in [2.05, 4.69) is 25.8 Å². The van der Waals surface area contributed by atoms with Crippen LogP contribution in [0.2, 0.25) is 0 Å². The predicted molar refractivity (Wildman–Crippen MR) is 124 cm³/mol. The fourth-order valence-corrected chi connectivity index (χ4v) is 5.91. The number of rotatable bonds is 9. The summed E-state index contributed by atoms with van der Waals surface area (Å²) in [6, 6.07) is 7.81. The number of H-pyrrole nitrogens is 1. The highest BCUT2D eigenvalue weighted by Crippen LogP contribution is 2.29. The number of hydrogen-bond acceptors (Lipinski definition) is 7. The first-order valence-corrected chi connectivity index (χ1v) is 12.8. The van der Waals surface area contributed by atoms with Gasteiger partial charge >= 0.3 is 0 Å². The third-order valence-electron chi connectivity index (χ3n) is 5.94. The first-order chi connectivity index (χ1) is 16.2. The number of benzene rings is 2. The average molecular weight is 492 g/mol. The molecule has 3 aromatic rings. The van der Waals surface area contributed by atoms with Gasteiger partial charge < -0.3 is 15.7 Å². The monoisotopic (exact) mass is 491 g/mol. The van der Waals surface area contributed by atoms with Crippen molar-refractivity contribution in [1.82, 2.24) is 20.5 Å². The lowest BCUT2D eigenvalue weighted by Gasteiger charge is -2.30. The molecule has 0 amide bonds. The SMILES string of the molecule is CCc1ccc2c(c1)C(NCC(O)C(Cc1cc(F)cc(F)c1)Nc1ncn[nH]1)CS(=O)(=O)C2.